The number of piperidine rings is 1. The summed E-state index contributed by atoms with van der Waals surface area (Å²) in [7, 11) is 0. The third-order valence-corrected chi connectivity index (χ3v) is 5.02. The molecule has 0 aliphatic carbocycles. The van der Waals surface area contributed by atoms with Gasteiger partial charge in [0.15, 0.2) is 0 Å². The van der Waals surface area contributed by atoms with E-state index >= 15 is 0 Å². The van der Waals surface area contributed by atoms with Crippen molar-refractivity contribution in [1.29, 1.82) is 0 Å². The average molecular weight is 339 g/mol. The molecule has 2 aromatic carbocycles. The van der Waals surface area contributed by atoms with Crippen molar-refractivity contribution in [3.05, 3.63) is 54.3 Å². The summed E-state index contributed by atoms with van der Waals surface area (Å²) < 4.78 is 13.4. The topological polar surface area (TPSA) is 61.4 Å². The second kappa shape index (κ2) is 5.88. The molecule has 4 rings (SSSR count). The van der Waals surface area contributed by atoms with Crippen molar-refractivity contribution in [3.63, 3.8) is 0 Å². The number of hydrogen-bond donors (Lipinski definition) is 2. The van der Waals surface area contributed by atoms with E-state index < -0.39 is 11.6 Å². The lowest BCUT2D eigenvalue weighted by molar-refractivity contribution is -0.124. The Labute approximate surface area is 144 Å². The summed E-state index contributed by atoms with van der Waals surface area (Å²) in [6, 6.07) is 14.1. The van der Waals surface area contributed by atoms with Gasteiger partial charge in [-0.1, -0.05) is 24.3 Å². The van der Waals surface area contributed by atoms with Crippen LogP contribution in [0.1, 0.15) is 12.8 Å². The molecule has 0 saturated carbocycles. The highest BCUT2D eigenvalue weighted by molar-refractivity contribution is 6.07. The quantitative estimate of drug-likeness (QED) is 0.827. The van der Waals surface area contributed by atoms with E-state index in [1.165, 1.54) is 12.1 Å². The highest BCUT2D eigenvalue weighted by Crippen LogP contribution is 2.30. The minimum atomic E-state index is -0.755. The van der Waals surface area contributed by atoms with Crippen LogP contribution in [0.25, 0.3) is 11.1 Å². The van der Waals surface area contributed by atoms with Crippen LogP contribution in [0.15, 0.2) is 48.5 Å². The van der Waals surface area contributed by atoms with Crippen molar-refractivity contribution in [2.45, 2.75) is 18.4 Å². The Bertz CT molecular complexity index is 827. The van der Waals surface area contributed by atoms with Gasteiger partial charge in [0.05, 0.1) is 0 Å². The Morgan fingerprint density at radius 3 is 2.28 bits per heavy atom. The number of carbonyl (C=O) groups is 2. The van der Waals surface area contributed by atoms with Gasteiger partial charge in [-0.2, -0.15) is 0 Å². The van der Waals surface area contributed by atoms with Crippen LogP contribution in [0, 0.1) is 5.82 Å². The summed E-state index contributed by atoms with van der Waals surface area (Å²) in [6.07, 6.45) is 1.16. The number of imide groups is 1. The van der Waals surface area contributed by atoms with Gasteiger partial charge in [-0.3, -0.25) is 10.1 Å². The lowest BCUT2D eigenvalue weighted by Crippen LogP contribution is -2.54. The van der Waals surface area contributed by atoms with Crippen molar-refractivity contribution in [2.75, 3.05) is 18.0 Å². The van der Waals surface area contributed by atoms with Gasteiger partial charge in [-0.05, 0) is 48.2 Å². The standard InChI is InChI=1S/C19H18FN3O2/c20-15-3-1-2-14(12-15)13-4-6-16(7-5-13)23-10-8-19(9-11-23)17(24)21-18(25)22-19/h1-7,12H,8-11H2,(H2,21,22,24,25). The highest BCUT2D eigenvalue weighted by atomic mass is 19.1. The van der Waals surface area contributed by atoms with Crippen LogP contribution >= 0.6 is 0 Å². The molecule has 6 heteroatoms. The fourth-order valence-electron chi connectivity index (χ4n) is 3.56. The Kier molecular flexibility index (Phi) is 3.67. The van der Waals surface area contributed by atoms with E-state index in [0.717, 1.165) is 16.8 Å². The van der Waals surface area contributed by atoms with Gasteiger partial charge in [0.25, 0.3) is 5.91 Å². The first-order chi connectivity index (χ1) is 12.1. The van der Waals surface area contributed by atoms with Gasteiger partial charge in [-0.25, -0.2) is 9.18 Å². The number of nitrogens with zero attached hydrogens (tertiary/aromatic N) is 1. The van der Waals surface area contributed by atoms with Crippen molar-refractivity contribution in [2.24, 2.45) is 0 Å². The van der Waals surface area contributed by atoms with E-state index in [0.29, 0.717) is 25.9 Å². The van der Waals surface area contributed by atoms with Crippen LogP contribution in [-0.4, -0.2) is 30.6 Å². The zero-order valence-electron chi connectivity index (χ0n) is 13.6. The zero-order valence-corrected chi connectivity index (χ0v) is 13.6. The molecule has 2 aliphatic heterocycles. The third-order valence-electron chi connectivity index (χ3n) is 5.02. The molecule has 0 atom stereocenters. The Morgan fingerprint density at radius 2 is 1.68 bits per heavy atom. The molecule has 2 N–H and O–H groups in total. The average Bonchev–Trinajstić information content (AvgIpc) is 2.89. The number of nitrogens with one attached hydrogen (secondary N) is 2. The third kappa shape index (κ3) is 2.84. The molecule has 1 spiro atoms. The van der Waals surface area contributed by atoms with Gasteiger partial charge in [0.2, 0.25) is 0 Å². The van der Waals surface area contributed by atoms with Gasteiger partial charge >= 0.3 is 6.03 Å². The molecular weight excluding hydrogens is 321 g/mol. The molecule has 3 amide bonds. The van der Waals surface area contributed by atoms with E-state index in [1.54, 1.807) is 6.07 Å². The fourth-order valence-corrected chi connectivity index (χ4v) is 3.56. The number of hydrogen-bond acceptors (Lipinski definition) is 3. The molecule has 0 aromatic heterocycles. The molecule has 128 valence electrons. The van der Waals surface area contributed by atoms with E-state index in [1.807, 2.05) is 30.3 Å². The first kappa shape index (κ1) is 15.6. The second-order valence-electron chi connectivity index (χ2n) is 6.53. The van der Waals surface area contributed by atoms with Crippen molar-refractivity contribution < 1.29 is 14.0 Å². The lowest BCUT2D eigenvalue weighted by atomic mass is 9.87. The molecule has 5 nitrogen and oxygen atoms in total. The number of halogens is 1. The fraction of sp³-hybridized carbons (Fsp3) is 0.263. The molecule has 2 heterocycles. The summed E-state index contributed by atoms with van der Waals surface area (Å²) in [6.45, 7) is 1.38. The predicted molar refractivity (Wildman–Crippen MR) is 92.7 cm³/mol. The van der Waals surface area contributed by atoms with Gasteiger partial charge in [-0.15, -0.1) is 0 Å². The maximum atomic E-state index is 13.4. The number of urea groups is 1. The maximum Gasteiger partial charge on any atom is 0.322 e. The summed E-state index contributed by atoms with van der Waals surface area (Å²) in [4.78, 5) is 25.6. The molecule has 25 heavy (non-hydrogen) atoms. The van der Waals surface area contributed by atoms with Gasteiger partial charge in [0, 0.05) is 18.8 Å². The first-order valence-corrected chi connectivity index (χ1v) is 8.30. The van der Waals surface area contributed by atoms with E-state index in [-0.39, 0.29) is 11.7 Å². The monoisotopic (exact) mass is 339 g/mol. The van der Waals surface area contributed by atoms with Crippen molar-refractivity contribution in [1.82, 2.24) is 10.6 Å². The Balaban J connectivity index is 1.47. The molecule has 2 aliphatic rings. The second-order valence-corrected chi connectivity index (χ2v) is 6.53. The summed E-state index contributed by atoms with van der Waals surface area (Å²) in [5.74, 6) is -0.474. The maximum absolute atomic E-state index is 13.4. The lowest BCUT2D eigenvalue weighted by Gasteiger charge is -2.38. The normalized spacial score (nSPS) is 19.0. The smallest absolute Gasteiger partial charge is 0.322 e. The largest absolute Gasteiger partial charge is 0.371 e. The Morgan fingerprint density at radius 1 is 0.960 bits per heavy atom. The van der Waals surface area contributed by atoms with Crippen LogP contribution in [0.5, 0.6) is 0 Å². The molecule has 2 aromatic rings. The molecule has 2 fully saturated rings. The minimum Gasteiger partial charge on any atom is -0.371 e. The summed E-state index contributed by atoms with van der Waals surface area (Å²) in [5.41, 5.74) is 2.10. The molecule has 0 unspecified atom stereocenters. The molecule has 2 saturated heterocycles. The van der Waals surface area contributed by atoms with E-state index in [4.69, 9.17) is 0 Å². The van der Waals surface area contributed by atoms with Crippen LogP contribution in [0.2, 0.25) is 0 Å². The molecule has 0 radical (unpaired) electrons. The number of amides is 3. The summed E-state index contributed by atoms with van der Waals surface area (Å²) in [5, 5.41) is 5.09. The minimum absolute atomic E-state index is 0.224. The van der Waals surface area contributed by atoms with Crippen LogP contribution in [0.4, 0.5) is 14.9 Å². The number of rotatable bonds is 2. The van der Waals surface area contributed by atoms with Crippen LogP contribution in [-0.2, 0) is 4.79 Å². The van der Waals surface area contributed by atoms with Crippen molar-refractivity contribution >= 4 is 17.6 Å². The van der Waals surface area contributed by atoms with Crippen LogP contribution < -0.4 is 15.5 Å². The van der Waals surface area contributed by atoms with Crippen LogP contribution in [0.3, 0.4) is 0 Å². The number of benzene rings is 2. The number of carbonyl (C=O) groups excluding carboxylic acids is 2. The zero-order chi connectivity index (χ0) is 17.4. The highest BCUT2D eigenvalue weighted by Gasteiger charge is 2.47. The predicted octanol–water partition coefficient (Wildman–Crippen LogP) is 2.67. The Hall–Kier alpha value is -2.89. The summed E-state index contributed by atoms with van der Waals surface area (Å²) >= 11 is 0. The van der Waals surface area contributed by atoms with Gasteiger partial charge < -0.3 is 10.2 Å². The molecular formula is C19H18FN3O2. The van der Waals surface area contributed by atoms with E-state index in [2.05, 4.69) is 15.5 Å². The van der Waals surface area contributed by atoms with E-state index in [9.17, 15) is 14.0 Å². The first-order valence-electron chi connectivity index (χ1n) is 8.30. The SMILES string of the molecule is O=C1NC(=O)C2(CCN(c3ccc(-c4cccc(F)c4)cc3)CC2)N1. The molecule has 0 bridgehead atoms. The van der Waals surface area contributed by atoms with Crippen molar-refractivity contribution in [3.8, 4) is 11.1 Å². The number of anilines is 1. The van der Waals surface area contributed by atoms with Gasteiger partial charge in [0.1, 0.15) is 11.4 Å².